The third-order valence-electron chi connectivity index (χ3n) is 6.47. The van der Waals surface area contributed by atoms with Crippen molar-refractivity contribution in [2.75, 3.05) is 19.8 Å². The van der Waals surface area contributed by atoms with Crippen LogP contribution in [0.1, 0.15) is 58.1 Å². The van der Waals surface area contributed by atoms with E-state index >= 15 is 8.78 Å². The van der Waals surface area contributed by atoms with Gasteiger partial charge in [-0.2, -0.15) is 0 Å². The van der Waals surface area contributed by atoms with Crippen molar-refractivity contribution < 1.29 is 23.0 Å². The highest BCUT2D eigenvalue weighted by Crippen LogP contribution is 2.50. The lowest BCUT2D eigenvalue weighted by atomic mass is 9.82. The van der Waals surface area contributed by atoms with Gasteiger partial charge in [0.05, 0.1) is 17.7 Å². The molecule has 5 nitrogen and oxygen atoms in total. The van der Waals surface area contributed by atoms with Crippen LogP contribution < -0.4 is 15.2 Å². The molecule has 3 rings (SSSR count). The number of aromatic nitrogens is 1. The zero-order valence-electron chi connectivity index (χ0n) is 22.3. The monoisotopic (exact) mass is 534 g/mol. The fourth-order valence-corrected chi connectivity index (χ4v) is 5.04. The first-order valence-corrected chi connectivity index (χ1v) is 13.2. The first-order chi connectivity index (χ1) is 17.7. The second-order valence-electron chi connectivity index (χ2n) is 9.49. The highest BCUT2D eigenvalue weighted by atomic mass is 35.5. The van der Waals surface area contributed by atoms with Gasteiger partial charge in [0.2, 0.25) is 0 Å². The molecule has 1 aromatic heterocycles. The third-order valence-corrected chi connectivity index (χ3v) is 6.84. The molecule has 1 aromatic carbocycles. The molecule has 1 aliphatic heterocycles. The summed E-state index contributed by atoms with van der Waals surface area (Å²) in [6, 6.07) is 1.30. The molecule has 202 valence electrons. The van der Waals surface area contributed by atoms with Crippen LogP contribution in [0, 0.1) is 18.6 Å². The summed E-state index contributed by atoms with van der Waals surface area (Å²) in [6.07, 6.45) is 10.2. The Morgan fingerprint density at radius 2 is 2.00 bits per heavy atom. The smallest absolute Gasteiger partial charge is 0.251 e. The second kappa shape index (κ2) is 12.9. The number of rotatable bonds is 12. The van der Waals surface area contributed by atoms with Gasteiger partial charge < -0.3 is 19.9 Å². The van der Waals surface area contributed by atoms with E-state index < -0.39 is 17.2 Å². The SMILES string of the molecule is C/C=C\C(=C/C)C1(CCCCN)Cc2c(cc(F)c(Cl)c2-c2c(C)cnc(OCCOC(C)C)c2F)O1. The number of allylic oxidation sites excluding steroid dienone is 2. The van der Waals surface area contributed by atoms with Crippen LogP contribution in [0.4, 0.5) is 8.78 Å². The van der Waals surface area contributed by atoms with Crippen molar-refractivity contribution in [2.24, 2.45) is 5.73 Å². The van der Waals surface area contributed by atoms with Gasteiger partial charge >= 0.3 is 0 Å². The van der Waals surface area contributed by atoms with E-state index in [1.165, 1.54) is 12.3 Å². The number of hydrogen-bond acceptors (Lipinski definition) is 5. The van der Waals surface area contributed by atoms with Crippen molar-refractivity contribution >= 4 is 11.6 Å². The third kappa shape index (κ3) is 6.33. The van der Waals surface area contributed by atoms with E-state index in [-0.39, 0.29) is 41.3 Å². The number of nitrogens with two attached hydrogens (primary N) is 1. The molecule has 8 heteroatoms. The second-order valence-corrected chi connectivity index (χ2v) is 9.87. The first kappa shape index (κ1) is 29.1. The fraction of sp³-hybridized carbons (Fsp3) is 0.483. The Morgan fingerprint density at radius 3 is 2.65 bits per heavy atom. The minimum absolute atomic E-state index is 0.0263. The lowest BCUT2D eigenvalue weighted by molar-refractivity contribution is 0.0533. The molecule has 0 saturated carbocycles. The van der Waals surface area contributed by atoms with E-state index in [1.807, 2.05) is 45.9 Å². The Kier molecular flexibility index (Phi) is 10.1. The first-order valence-electron chi connectivity index (χ1n) is 12.8. The highest BCUT2D eigenvalue weighted by molar-refractivity contribution is 6.34. The van der Waals surface area contributed by atoms with Crippen LogP contribution in [-0.4, -0.2) is 36.4 Å². The number of hydrogen-bond donors (Lipinski definition) is 1. The predicted octanol–water partition coefficient (Wildman–Crippen LogP) is 7.12. The quantitative estimate of drug-likeness (QED) is 0.232. The van der Waals surface area contributed by atoms with Gasteiger partial charge in [-0.1, -0.05) is 29.8 Å². The van der Waals surface area contributed by atoms with Crippen molar-refractivity contribution in [1.29, 1.82) is 0 Å². The van der Waals surface area contributed by atoms with Gasteiger partial charge in [0.25, 0.3) is 5.88 Å². The average molecular weight is 535 g/mol. The number of benzene rings is 1. The molecule has 0 bridgehead atoms. The van der Waals surface area contributed by atoms with Gasteiger partial charge in [-0.05, 0) is 71.6 Å². The molecule has 1 unspecified atom stereocenters. The maximum atomic E-state index is 15.9. The molecular formula is C29H37ClF2N2O3. The van der Waals surface area contributed by atoms with Crippen molar-refractivity contribution in [2.45, 2.75) is 72.0 Å². The number of nitrogens with zero attached hydrogens (tertiary/aromatic N) is 1. The molecule has 2 N–H and O–H groups in total. The molecule has 0 fully saturated rings. The number of fused-ring (bicyclic) bond motifs is 1. The zero-order chi connectivity index (χ0) is 27.2. The molecule has 0 radical (unpaired) electrons. The molecule has 1 aliphatic rings. The normalized spacial score (nSPS) is 17.5. The summed E-state index contributed by atoms with van der Waals surface area (Å²) in [6.45, 7) is 10.4. The predicted molar refractivity (Wildman–Crippen MR) is 144 cm³/mol. The number of aryl methyl sites for hydroxylation is 1. The van der Waals surface area contributed by atoms with Gasteiger partial charge in [-0.3, -0.25) is 0 Å². The highest BCUT2D eigenvalue weighted by Gasteiger charge is 2.44. The summed E-state index contributed by atoms with van der Waals surface area (Å²) >= 11 is 6.54. The topological polar surface area (TPSA) is 66.6 Å². The maximum absolute atomic E-state index is 15.9. The molecule has 37 heavy (non-hydrogen) atoms. The van der Waals surface area contributed by atoms with Gasteiger partial charge in [-0.25, -0.2) is 13.8 Å². The van der Waals surface area contributed by atoms with Crippen molar-refractivity contribution in [1.82, 2.24) is 4.98 Å². The summed E-state index contributed by atoms with van der Waals surface area (Å²) in [5.41, 5.74) is 7.57. The van der Waals surface area contributed by atoms with Crippen LogP contribution in [0.2, 0.25) is 5.02 Å². The van der Waals surface area contributed by atoms with E-state index in [9.17, 15) is 0 Å². The van der Waals surface area contributed by atoms with Gasteiger partial charge in [0, 0.05) is 35.4 Å². The van der Waals surface area contributed by atoms with E-state index in [2.05, 4.69) is 4.98 Å². The number of pyridine rings is 1. The Bertz CT molecular complexity index is 1170. The molecule has 0 spiro atoms. The van der Waals surface area contributed by atoms with Crippen LogP contribution in [0.5, 0.6) is 11.6 Å². The van der Waals surface area contributed by atoms with E-state index in [0.29, 0.717) is 36.3 Å². The van der Waals surface area contributed by atoms with Crippen LogP contribution in [0.3, 0.4) is 0 Å². The number of unbranched alkanes of at least 4 members (excludes halogenated alkanes) is 1. The van der Waals surface area contributed by atoms with Gasteiger partial charge in [0.1, 0.15) is 23.8 Å². The van der Waals surface area contributed by atoms with E-state index in [0.717, 1.165) is 18.4 Å². The van der Waals surface area contributed by atoms with Crippen molar-refractivity contribution in [3.63, 3.8) is 0 Å². The standard InChI is InChI=1S/C29H37ClF2N2O3/c1-6-10-20(7-2)29(11-8-9-12-33)16-21-23(37-29)15-22(31)26(30)25(21)24-19(5)17-34-28(27(24)32)36-14-13-35-18(3)4/h6-7,10,15,17-18H,8-9,11-14,16,33H2,1-5H3/b10-6-,20-7+. The Morgan fingerprint density at radius 1 is 1.24 bits per heavy atom. The average Bonchev–Trinajstić information content (AvgIpc) is 3.22. The van der Waals surface area contributed by atoms with Crippen LogP contribution in [0.15, 0.2) is 36.1 Å². The number of ether oxygens (including phenoxy) is 3. The summed E-state index contributed by atoms with van der Waals surface area (Å²) in [7, 11) is 0. The molecule has 0 aliphatic carbocycles. The molecule has 1 atom stereocenters. The summed E-state index contributed by atoms with van der Waals surface area (Å²) < 4.78 is 48.6. The summed E-state index contributed by atoms with van der Waals surface area (Å²) in [5.74, 6) is -1.20. The Hall–Kier alpha value is -2.48. The minimum atomic E-state index is -0.741. The summed E-state index contributed by atoms with van der Waals surface area (Å²) in [4.78, 5) is 4.12. The Labute approximate surface area is 223 Å². The van der Waals surface area contributed by atoms with Crippen molar-refractivity contribution in [3.8, 4) is 22.8 Å². The van der Waals surface area contributed by atoms with E-state index in [4.69, 9.17) is 31.5 Å². The van der Waals surface area contributed by atoms with Crippen LogP contribution >= 0.6 is 11.6 Å². The van der Waals surface area contributed by atoms with Crippen LogP contribution in [0.25, 0.3) is 11.1 Å². The fourth-order valence-electron chi connectivity index (χ4n) is 4.78. The lowest BCUT2D eigenvalue weighted by Gasteiger charge is -2.30. The van der Waals surface area contributed by atoms with Crippen LogP contribution in [-0.2, 0) is 11.2 Å². The zero-order valence-corrected chi connectivity index (χ0v) is 23.1. The maximum Gasteiger partial charge on any atom is 0.251 e. The van der Waals surface area contributed by atoms with Crippen molar-refractivity contribution in [3.05, 3.63) is 63.8 Å². The molecule has 0 amide bonds. The molecule has 0 saturated heterocycles. The Balaban J connectivity index is 2.11. The molecular weight excluding hydrogens is 498 g/mol. The van der Waals surface area contributed by atoms with Gasteiger partial charge in [-0.15, -0.1) is 0 Å². The van der Waals surface area contributed by atoms with E-state index in [1.54, 1.807) is 6.92 Å². The minimum Gasteiger partial charge on any atom is -0.482 e. The summed E-state index contributed by atoms with van der Waals surface area (Å²) in [5, 5.41) is -0.157. The van der Waals surface area contributed by atoms with Gasteiger partial charge in [0.15, 0.2) is 5.82 Å². The molecule has 2 heterocycles. The molecule has 2 aromatic rings. The lowest BCUT2D eigenvalue weighted by Crippen LogP contribution is -2.36. The number of halogens is 3. The largest absolute Gasteiger partial charge is 0.482 e.